The molecule has 2 saturated heterocycles. The first kappa shape index (κ1) is 25.1. The summed E-state index contributed by atoms with van der Waals surface area (Å²) in [5, 5.41) is 13.5. The number of rotatable bonds is 5. The SMILES string of the molecule is Cl.Cl.Cl.O[C@H]1CCCN[C@@H]1CCCn1cnc2c(N3CCOCC3)ncnc21. The summed E-state index contributed by atoms with van der Waals surface area (Å²) in [6, 6.07) is 0.210. The van der Waals surface area contributed by atoms with Crippen LogP contribution in [0.5, 0.6) is 0 Å². The molecule has 2 fully saturated rings. The van der Waals surface area contributed by atoms with Gasteiger partial charge in [0.25, 0.3) is 0 Å². The Morgan fingerprint density at radius 1 is 1.14 bits per heavy atom. The monoisotopic (exact) mass is 454 g/mol. The van der Waals surface area contributed by atoms with E-state index < -0.39 is 0 Å². The number of fused-ring (bicyclic) bond motifs is 1. The maximum absolute atomic E-state index is 10.1. The Morgan fingerprint density at radius 2 is 1.93 bits per heavy atom. The van der Waals surface area contributed by atoms with Gasteiger partial charge in [-0.3, -0.25) is 0 Å². The number of hydrogen-bond donors (Lipinski definition) is 2. The Morgan fingerprint density at radius 3 is 2.68 bits per heavy atom. The second-order valence-corrected chi connectivity index (χ2v) is 6.82. The fourth-order valence-corrected chi connectivity index (χ4v) is 3.75. The maximum atomic E-state index is 10.1. The van der Waals surface area contributed by atoms with Crippen LogP contribution in [-0.2, 0) is 11.3 Å². The third-order valence-corrected chi connectivity index (χ3v) is 5.15. The smallest absolute Gasteiger partial charge is 0.165 e. The minimum absolute atomic E-state index is 0. The summed E-state index contributed by atoms with van der Waals surface area (Å²) in [5.74, 6) is 0.899. The molecule has 28 heavy (non-hydrogen) atoms. The molecular weight excluding hydrogens is 427 g/mol. The molecule has 0 aromatic carbocycles. The van der Waals surface area contributed by atoms with Crippen LogP contribution in [0.4, 0.5) is 5.82 Å². The number of ether oxygens (including phenoxy) is 1. The van der Waals surface area contributed by atoms with E-state index in [1.165, 1.54) is 0 Å². The highest BCUT2D eigenvalue weighted by atomic mass is 35.5. The molecular formula is C17H29Cl3N6O2. The molecule has 0 aliphatic carbocycles. The average molecular weight is 456 g/mol. The van der Waals surface area contributed by atoms with Crippen molar-refractivity contribution in [3.05, 3.63) is 12.7 Å². The Bertz CT molecular complexity index is 713. The molecule has 0 amide bonds. The number of halogens is 3. The van der Waals surface area contributed by atoms with E-state index in [0.717, 1.165) is 82.1 Å². The molecule has 2 aromatic rings. The highest BCUT2D eigenvalue weighted by molar-refractivity contribution is 5.86. The van der Waals surface area contributed by atoms with Gasteiger partial charge >= 0.3 is 0 Å². The van der Waals surface area contributed by atoms with E-state index in [1.54, 1.807) is 6.33 Å². The van der Waals surface area contributed by atoms with E-state index >= 15 is 0 Å². The van der Waals surface area contributed by atoms with Crippen molar-refractivity contribution < 1.29 is 9.84 Å². The summed E-state index contributed by atoms with van der Waals surface area (Å²) in [7, 11) is 0. The van der Waals surface area contributed by atoms with Crippen LogP contribution in [-0.4, -0.2) is 69.6 Å². The van der Waals surface area contributed by atoms with Gasteiger partial charge in [0.05, 0.1) is 25.6 Å². The van der Waals surface area contributed by atoms with E-state index in [2.05, 4.69) is 29.7 Å². The van der Waals surface area contributed by atoms with Gasteiger partial charge in [-0.2, -0.15) is 0 Å². The molecule has 2 N–H and O–H groups in total. The Labute approximate surface area is 183 Å². The van der Waals surface area contributed by atoms with Crippen LogP contribution in [0.15, 0.2) is 12.7 Å². The summed E-state index contributed by atoms with van der Waals surface area (Å²) in [6.07, 6.45) is 7.17. The van der Waals surface area contributed by atoms with E-state index in [0.29, 0.717) is 0 Å². The normalized spacial score (nSPS) is 22.1. The topological polar surface area (TPSA) is 88.3 Å². The minimum atomic E-state index is -0.219. The molecule has 2 aliphatic rings. The summed E-state index contributed by atoms with van der Waals surface area (Å²) < 4.78 is 7.51. The number of morpholine rings is 1. The average Bonchev–Trinajstić information content (AvgIpc) is 3.07. The lowest BCUT2D eigenvalue weighted by molar-refractivity contribution is 0.0909. The number of piperidine rings is 1. The number of aryl methyl sites for hydroxylation is 1. The number of imidazole rings is 1. The highest BCUT2D eigenvalue weighted by Crippen LogP contribution is 2.23. The van der Waals surface area contributed by atoms with Crippen molar-refractivity contribution in [1.29, 1.82) is 0 Å². The molecule has 4 heterocycles. The molecule has 2 aromatic heterocycles. The van der Waals surface area contributed by atoms with Gasteiger partial charge in [-0.05, 0) is 32.2 Å². The highest BCUT2D eigenvalue weighted by Gasteiger charge is 2.22. The molecule has 0 radical (unpaired) electrons. The Balaban J connectivity index is 0.00000131. The van der Waals surface area contributed by atoms with Gasteiger partial charge in [0.15, 0.2) is 17.0 Å². The molecule has 0 saturated carbocycles. The van der Waals surface area contributed by atoms with E-state index in [1.807, 2.05) is 6.33 Å². The molecule has 160 valence electrons. The predicted molar refractivity (Wildman–Crippen MR) is 116 cm³/mol. The number of aromatic nitrogens is 4. The van der Waals surface area contributed by atoms with Gasteiger partial charge in [0, 0.05) is 25.7 Å². The van der Waals surface area contributed by atoms with Crippen LogP contribution in [0.3, 0.4) is 0 Å². The number of hydrogen-bond acceptors (Lipinski definition) is 7. The summed E-state index contributed by atoms with van der Waals surface area (Å²) >= 11 is 0. The van der Waals surface area contributed by atoms with Gasteiger partial charge in [-0.1, -0.05) is 0 Å². The Hall–Kier alpha value is -0.900. The number of aliphatic hydroxyl groups excluding tert-OH is 1. The van der Waals surface area contributed by atoms with Crippen LogP contribution in [0.25, 0.3) is 11.2 Å². The number of nitrogens with zero attached hydrogens (tertiary/aromatic N) is 5. The van der Waals surface area contributed by atoms with Gasteiger partial charge in [0.1, 0.15) is 6.33 Å². The zero-order chi connectivity index (χ0) is 17.1. The first-order valence-electron chi connectivity index (χ1n) is 9.23. The van der Waals surface area contributed by atoms with Crippen LogP contribution in [0.1, 0.15) is 25.7 Å². The zero-order valence-corrected chi connectivity index (χ0v) is 18.1. The van der Waals surface area contributed by atoms with Gasteiger partial charge < -0.3 is 24.6 Å². The first-order chi connectivity index (χ1) is 12.3. The van der Waals surface area contributed by atoms with E-state index in [4.69, 9.17) is 4.74 Å². The van der Waals surface area contributed by atoms with Crippen LogP contribution in [0.2, 0.25) is 0 Å². The maximum Gasteiger partial charge on any atom is 0.165 e. The molecule has 0 spiro atoms. The zero-order valence-electron chi connectivity index (χ0n) is 15.7. The van der Waals surface area contributed by atoms with Crippen molar-refractivity contribution >= 4 is 54.2 Å². The molecule has 2 aliphatic heterocycles. The molecule has 4 rings (SSSR count). The molecule has 8 nitrogen and oxygen atoms in total. The van der Waals surface area contributed by atoms with Crippen molar-refractivity contribution in [3.63, 3.8) is 0 Å². The van der Waals surface area contributed by atoms with Crippen molar-refractivity contribution in [1.82, 2.24) is 24.8 Å². The van der Waals surface area contributed by atoms with Gasteiger partial charge in [-0.15, -0.1) is 37.2 Å². The summed E-state index contributed by atoms with van der Waals surface area (Å²) in [5.41, 5.74) is 1.74. The summed E-state index contributed by atoms with van der Waals surface area (Å²) in [6.45, 7) is 4.98. The van der Waals surface area contributed by atoms with Crippen molar-refractivity contribution in [3.8, 4) is 0 Å². The van der Waals surface area contributed by atoms with Gasteiger partial charge in [-0.25, -0.2) is 15.0 Å². The third-order valence-electron chi connectivity index (χ3n) is 5.15. The quantitative estimate of drug-likeness (QED) is 0.711. The lowest BCUT2D eigenvalue weighted by Crippen LogP contribution is -2.44. The van der Waals surface area contributed by atoms with Crippen molar-refractivity contribution in [2.24, 2.45) is 0 Å². The number of anilines is 1. The predicted octanol–water partition coefficient (Wildman–Crippen LogP) is 1.82. The number of aliphatic hydroxyl groups is 1. The van der Waals surface area contributed by atoms with Crippen molar-refractivity contribution in [2.45, 2.75) is 44.4 Å². The van der Waals surface area contributed by atoms with Crippen molar-refractivity contribution in [2.75, 3.05) is 37.7 Å². The number of nitrogens with one attached hydrogen (secondary N) is 1. The lowest BCUT2D eigenvalue weighted by atomic mass is 9.97. The second kappa shape index (κ2) is 11.9. The fourth-order valence-electron chi connectivity index (χ4n) is 3.75. The van der Waals surface area contributed by atoms with E-state index in [-0.39, 0.29) is 49.4 Å². The first-order valence-corrected chi connectivity index (χ1v) is 9.23. The minimum Gasteiger partial charge on any atom is -0.392 e. The largest absolute Gasteiger partial charge is 0.392 e. The standard InChI is InChI=1S/C17H26N6O2.3ClH/c24-14-4-1-5-18-13(14)3-2-6-23-12-21-15-16(19-11-20-17(15)23)22-7-9-25-10-8-22;;;/h11-14,18,24H,1-10H2;3*1H/t13-,14+;;;/m1.../s1. The molecule has 0 bridgehead atoms. The molecule has 11 heteroatoms. The second-order valence-electron chi connectivity index (χ2n) is 6.82. The molecule has 0 unspecified atom stereocenters. The third kappa shape index (κ3) is 5.58. The lowest BCUT2D eigenvalue weighted by Gasteiger charge is -2.29. The van der Waals surface area contributed by atoms with Gasteiger partial charge in [0.2, 0.25) is 0 Å². The Kier molecular flexibility index (Phi) is 10.7. The van der Waals surface area contributed by atoms with Crippen LogP contribution >= 0.6 is 37.2 Å². The van der Waals surface area contributed by atoms with Crippen LogP contribution < -0.4 is 10.2 Å². The van der Waals surface area contributed by atoms with E-state index in [9.17, 15) is 5.11 Å². The molecule has 2 atom stereocenters. The fraction of sp³-hybridized carbons (Fsp3) is 0.706. The van der Waals surface area contributed by atoms with Crippen LogP contribution in [0, 0.1) is 0 Å². The summed E-state index contributed by atoms with van der Waals surface area (Å²) in [4.78, 5) is 15.7.